The monoisotopic (exact) mass is 411 g/mol. The summed E-state index contributed by atoms with van der Waals surface area (Å²) in [4.78, 5) is 25.3. The number of ether oxygens (including phenoxy) is 1. The Morgan fingerprint density at radius 3 is 2.78 bits per heavy atom. The van der Waals surface area contributed by atoms with Crippen molar-refractivity contribution in [2.75, 3.05) is 26.7 Å². The Balaban J connectivity index is 0.00000261. The number of nitro benzene ring substituents is 1. The van der Waals surface area contributed by atoms with Gasteiger partial charge >= 0.3 is 0 Å². The van der Waals surface area contributed by atoms with Crippen molar-refractivity contribution < 1.29 is 14.5 Å². The summed E-state index contributed by atoms with van der Waals surface area (Å²) < 4.78 is 5.43. The summed E-state index contributed by atoms with van der Waals surface area (Å²) in [5.41, 5.74) is 0.878. The number of nitro groups is 1. The zero-order valence-electron chi connectivity index (χ0n) is 14.6. The van der Waals surface area contributed by atoms with Gasteiger partial charge in [0.25, 0.3) is 11.6 Å². The molecule has 0 saturated carbocycles. The molecule has 9 heteroatoms. The van der Waals surface area contributed by atoms with E-state index >= 15 is 0 Å². The van der Waals surface area contributed by atoms with Crippen molar-refractivity contribution in [2.24, 2.45) is 0 Å². The second-order valence-corrected chi connectivity index (χ2v) is 6.35. The largest absolute Gasteiger partial charge is 0.496 e. The number of nitrogens with one attached hydrogen (secondary N) is 1. The van der Waals surface area contributed by atoms with Gasteiger partial charge in [-0.2, -0.15) is 0 Å². The first-order valence-corrected chi connectivity index (χ1v) is 8.48. The van der Waals surface area contributed by atoms with E-state index in [1.165, 1.54) is 18.2 Å². The maximum atomic E-state index is 13.1. The third kappa shape index (κ3) is 4.50. The lowest BCUT2D eigenvalue weighted by Gasteiger charge is -2.37. The third-order valence-corrected chi connectivity index (χ3v) is 4.56. The number of hydrogen-bond acceptors (Lipinski definition) is 5. The molecule has 1 atom stereocenters. The minimum absolute atomic E-state index is 0. The summed E-state index contributed by atoms with van der Waals surface area (Å²) in [6.45, 7) is 1.68. The van der Waals surface area contributed by atoms with E-state index in [4.69, 9.17) is 16.3 Å². The number of piperazine rings is 1. The predicted octanol–water partition coefficient (Wildman–Crippen LogP) is 3.47. The van der Waals surface area contributed by atoms with Gasteiger partial charge in [0.15, 0.2) is 0 Å². The van der Waals surface area contributed by atoms with Gasteiger partial charge < -0.3 is 15.0 Å². The number of halogens is 2. The number of carbonyl (C=O) groups excluding carboxylic acids is 1. The number of non-ortho nitro benzene ring substituents is 1. The lowest BCUT2D eigenvalue weighted by atomic mass is 10.0. The van der Waals surface area contributed by atoms with E-state index in [2.05, 4.69) is 5.32 Å². The number of benzene rings is 2. The van der Waals surface area contributed by atoms with Crippen molar-refractivity contribution in [3.63, 3.8) is 0 Å². The fourth-order valence-electron chi connectivity index (χ4n) is 3.14. The summed E-state index contributed by atoms with van der Waals surface area (Å²) in [5, 5.41) is 14.5. The first-order chi connectivity index (χ1) is 12.5. The molecule has 0 aliphatic carbocycles. The first-order valence-electron chi connectivity index (χ1n) is 8.11. The molecule has 27 heavy (non-hydrogen) atoms. The molecular formula is C18H19Cl2N3O4. The highest BCUT2D eigenvalue weighted by Crippen LogP contribution is 2.32. The molecular weight excluding hydrogens is 393 g/mol. The summed E-state index contributed by atoms with van der Waals surface area (Å²) in [7, 11) is 1.58. The van der Waals surface area contributed by atoms with E-state index < -0.39 is 4.92 Å². The van der Waals surface area contributed by atoms with Crippen LogP contribution in [0.25, 0.3) is 0 Å². The van der Waals surface area contributed by atoms with Crippen molar-refractivity contribution >= 4 is 35.6 Å². The number of rotatable bonds is 4. The maximum absolute atomic E-state index is 13.1. The molecule has 1 heterocycles. The molecule has 1 fully saturated rings. The quantitative estimate of drug-likeness (QED) is 0.614. The van der Waals surface area contributed by atoms with Crippen molar-refractivity contribution in [1.29, 1.82) is 0 Å². The Bertz CT molecular complexity index is 847. The summed E-state index contributed by atoms with van der Waals surface area (Å²) in [6, 6.07) is 11.2. The van der Waals surface area contributed by atoms with Crippen molar-refractivity contribution in [3.05, 3.63) is 68.7 Å². The van der Waals surface area contributed by atoms with Crippen LogP contribution in [0.1, 0.15) is 22.0 Å². The van der Waals surface area contributed by atoms with Crippen LogP contribution in [0.5, 0.6) is 5.75 Å². The number of amides is 1. The standard InChI is InChI=1S/C18H18ClN3O4.ClH/c1-26-17-5-3-2-4-15(17)16-11-20-6-7-21(16)18(23)12-8-13(19)10-14(9-12)22(24)25;/h2-5,8-10,16,20H,6-7,11H2,1H3;1H. The lowest BCUT2D eigenvalue weighted by molar-refractivity contribution is -0.384. The molecule has 0 bridgehead atoms. The lowest BCUT2D eigenvalue weighted by Crippen LogP contribution is -2.48. The van der Waals surface area contributed by atoms with E-state index in [9.17, 15) is 14.9 Å². The molecule has 144 valence electrons. The molecule has 7 nitrogen and oxygen atoms in total. The van der Waals surface area contributed by atoms with Gasteiger partial charge in [-0.3, -0.25) is 14.9 Å². The Kier molecular flexibility index (Phi) is 7.01. The highest BCUT2D eigenvalue weighted by atomic mass is 35.5. The molecule has 2 aromatic carbocycles. The van der Waals surface area contributed by atoms with Gasteiger partial charge in [-0.05, 0) is 12.1 Å². The molecule has 1 saturated heterocycles. The van der Waals surface area contributed by atoms with Gasteiger partial charge in [0, 0.05) is 47.9 Å². The highest BCUT2D eigenvalue weighted by molar-refractivity contribution is 6.31. The van der Waals surface area contributed by atoms with Crippen LogP contribution in [0, 0.1) is 10.1 Å². The van der Waals surface area contributed by atoms with Gasteiger partial charge in [0.2, 0.25) is 0 Å². The zero-order valence-corrected chi connectivity index (χ0v) is 16.1. The Labute approximate surface area is 167 Å². The van der Waals surface area contributed by atoms with Crippen molar-refractivity contribution in [2.45, 2.75) is 6.04 Å². The Morgan fingerprint density at radius 2 is 2.07 bits per heavy atom. The number of para-hydroxylation sites is 1. The predicted molar refractivity (Wildman–Crippen MR) is 105 cm³/mol. The molecule has 1 amide bonds. The van der Waals surface area contributed by atoms with E-state index in [1.54, 1.807) is 12.0 Å². The Hall–Kier alpha value is -2.35. The zero-order chi connectivity index (χ0) is 18.7. The third-order valence-electron chi connectivity index (χ3n) is 4.34. The van der Waals surface area contributed by atoms with E-state index in [-0.39, 0.29) is 40.6 Å². The van der Waals surface area contributed by atoms with Crippen LogP contribution in [0.15, 0.2) is 42.5 Å². The minimum atomic E-state index is -0.557. The number of nitrogens with zero attached hydrogens (tertiary/aromatic N) is 2. The maximum Gasteiger partial charge on any atom is 0.271 e. The second-order valence-electron chi connectivity index (χ2n) is 5.92. The summed E-state index contributed by atoms with van der Waals surface area (Å²) >= 11 is 5.97. The van der Waals surface area contributed by atoms with Gasteiger partial charge in [0.1, 0.15) is 5.75 Å². The molecule has 1 aliphatic rings. The van der Waals surface area contributed by atoms with Crippen molar-refractivity contribution in [1.82, 2.24) is 10.2 Å². The van der Waals surface area contributed by atoms with Crippen LogP contribution in [-0.4, -0.2) is 42.5 Å². The fourth-order valence-corrected chi connectivity index (χ4v) is 3.37. The average Bonchev–Trinajstić information content (AvgIpc) is 2.66. The molecule has 1 unspecified atom stereocenters. The smallest absolute Gasteiger partial charge is 0.271 e. The van der Waals surface area contributed by atoms with Gasteiger partial charge in [-0.15, -0.1) is 12.4 Å². The fraction of sp³-hybridized carbons (Fsp3) is 0.278. The molecule has 0 spiro atoms. The summed E-state index contributed by atoms with van der Waals surface area (Å²) in [6.07, 6.45) is 0. The second kappa shape index (κ2) is 9.03. The molecule has 0 aromatic heterocycles. The van der Waals surface area contributed by atoms with Crippen LogP contribution in [-0.2, 0) is 0 Å². The number of methoxy groups -OCH3 is 1. The van der Waals surface area contributed by atoms with E-state index in [0.717, 1.165) is 5.56 Å². The molecule has 1 aliphatic heterocycles. The average molecular weight is 412 g/mol. The SMILES string of the molecule is COc1ccccc1C1CNCCN1C(=O)c1cc(Cl)cc([N+](=O)[O-])c1.Cl. The number of carbonyl (C=O) groups is 1. The van der Waals surface area contributed by atoms with Gasteiger partial charge in [0.05, 0.1) is 18.1 Å². The molecule has 3 rings (SSSR count). The summed E-state index contributed by atoms with van der Waals surface area (Å²) in [5.74, 6) is 0.393. The van der Waals surface area contributed by atoms with E-state index in [1.807, 2.05) is 24.3 Å². The molecule has 2 aromatic rings. The van der Waals surface area contributed by atoms with Crippen LogP contribution in [0.4, 0.5) is 5.69 Å². The van der Waals surface area contributed by atoms with Crippen LogP contribution >= 0.6 is 24.0 Å². The topological polar surface area (TPSA) is 84.7 Å². The van der Waals surface area contributed by atoms with Crippen LogP contribution in [0.2, 0.25) is 5.02 Å². The number of hydrogen-bond donors (Lipinski definition) is 1. The minimum Gasteiger partial charge on any atom is -0.496 e. The van der Waals surface area contributed by atoms with Crippen molar-refractivity contribution in [3.8, 4) is 5.75 Å². The van der Waals surface area contributed by atoms with Crippen LogP contribution in [0.3, 0.4) is 0 Å². The van der Waals surface area contributed by atoms with E-state index in [0.29, 0.717) is 25.4 Å². The molecule has 0 radical (unpaired) electrons. The normalized spacial score (nSPS) is 16.4. The van der Waals surface area contributed by atoms with Gasteiger partial charge in [-0.25, -0.2) is 0 Å². The first kappa shape index (κ1) is 21.0. The molecule has 1 N–H and O–H groups in total. The van der Waals surface area contributed by atoms with Crippen LogP contribution < -0.4 is 10.1 Å². The Morgan fingerprint density at radius 1 is 1.33 bits per heavy atom. The van der Waals surface area contributed by atoms with Gasteiger partial charge in [-0.1, -0.05) is 29.8 Å². The highest BCUT2D eigenvalue weighted by Gasteiger charge is 2.31.